The number of benzene rings is 10. The van der Waals surface area contributed by atoms with Crippen LogP contribution in [0.1, 0.15) is 78.6 Å². The Balaban J connectivity index is 1.18. The van der Waals surface area contributed by atoms with Gasteiger partial charge in [-0.3, -0.25) is 0 Å². The molecule has 18 bridgehead atoms. The second-order valence-electron chi connectivity index (χ2n) is 21.7. The zero-order chi connectivity index (χ0) is 51.9. The zero-order valence-corrected chi connectivity index (χ0v) is 43.7. The topological polar surface area (TPSA) is 46.8 Å². The molecule has 12 aromatic rings. The molecule has 0 atom stereocenters. The van der Waals surface area contributed by atoms with Gasteiger partial charge in [0.25, 0.3) is 0 Å². The summed E-state index contributed by atoms with van der Waals surface area (Å²) in [5, 5.41) is 4.39. The van der Waals surface area contributed by atoms with Gasteiger partial charge in [0.15, 0.2) is 0 Å². The van der Waals surface area contributed by atoms with E-state index in [4.69, 9.17) is 18.9 Å². The number of ether oxygens (including phenoxy) is 4. The highest BCUT2D eigenvalue weighted by Gasteiger charge is 2.49. The van der Waals surface area contributed by atoms with E-state index in [-0.39, 0.29) is 0 Å². The van der Waals surface area contributed by atoms with Gasteiger partial charge in [0.05, 0.1) is 46.5 Å². The zero-order valence-electron chi connectivity index (χ0n) is 43.7. The number of nitrogens with zero attached hydrogens (tertiary/aromatic N) is 2. The Labute approximate surface area is 449 Å². The van der Waals surface area contributed by atoms with Gasteiger partial charge in [-0.15, -0.1) is 0 Å². The van der Waals surface area contributed by atoms with Crippen LogP contribution >= 0.6 is 0 Å². The first-order chi connectivity index (χ1) is 37.6. The predicted octanol–water partition coefficient (Wildman–Crippen LogP) is 16.8. The number of rotatable bonds is 4. The lowest BCUT2D eigenvalue weighted by Crippen LogP contribution is -2.44. The van der Waals surface area contributed by atoms with Crippen molar-refractivity contribution in [2.75, 3.05) is 13.2 Å². The van der Waals surface area contributed by atoms with Crippen molar-refractivity contribution < 1.29 is 18.9 Å². The van der Waals surface area contributed by atoms with Gasteiger partial charge in [-0.1, -0.05) is 146 Å². The van der Waals surface area contributed by atoms with Gasteiger partial charge in [-0.05, 0) is 169 Å². The molecule has 2 aromatic heterocycles. The lowest BCUT2D eigenvalue weighted by atomic mass is 9.75. The van der Waals surface area contributed by atoms with Crippen molar-refractivity contribution in [1.82, 2.24) is 9.13 Å². The van der Waals surface area contributed by atoms with Gasteiger partial charge in [-0.25, -0.2) is 0 Å². The maximum absolute atomic E-state index is 8.80. The number of hydrogen-bond acceptors (Lipinski definition) is 4. The van der Waals surface area contributed by atoms with Crippen LogP contribution in [-0.2, 0) is 31.9 Å². The number of aromatic nitrogens is 2. The first-order valence-corrected chi connectivity index (χ1v) is 26.9. The molecular formula is C71H58N2O4. The molecule has 0 saturated heterocycles. The lowest BCUT2D eigenvalue weighted by molar-refractivity contribution is -0.132. The Hall–Kier alpha value is -8.68. The van der Waals surface area contributed by atoms with E-state index in [0.717, 1.165) is 117 Å². The summed E-state index contributed by atoms with van der Waals surface area (Å²) in [5.74, 6) is 1.62. The molecule has 0 amide bonds. The third-order valence-corrected chi connectivity index (χ3v) is 16.3. The van der Waals surface area contributed by atoms with Crippen molar-refractivity contribution >= 4 is 43.6 Å². The van der Waals surface area contributed by atoms with Crippen LogP contribution in [-0.4, -0.2) is 22.3 Å². The fourth-order valence-electron chi connectivity index (χ4n) is 12.6. The Morgan fingerprint density at radius 1 is 0.299 bits per heavy atom. The predicted molar refractivity (Wildman–Crippen MR) is 311 cm³/mol. The van der Waals surface area contributed by atoms with E-state index in [1.807, 2.05) is 0 Å². The van der Waals surface area contributed by atoms with Crippen LogP contribution < -0.4 is 9.47 Å². The molecule has 10 aromatic carbocycles. The van der Waals surface area contributed by atoms with Gasteiger partial charge in [0.1, 0.15) is 22.7 Å². The van der Waals surface area contributed by atoms with Crippen LogP contribution in [0.25, 0.3) is 55.0 Å². The minimum absolute atomic E-state index is 0.529. The second kappa shape index (κ2) is 18.0. The molecule has 0 unspecified atom stereocenters. The summed E-state index contributed by atoms with van der Waals surface area (Å²) in [6.07, 6.45) is 0.736. The van der Waals surface area contributed by atoms with E-state index in [9.17, 15) is 0 Å². The molecule has 26 rings (SSSR count). The molecule has 6 heteroatoms. The van der Waals surface area contributed by atoms with Crippen LogP contribution in [0.5, 0.6) is 11.5 Å². The molecule has 6 nitrogen and oxygen atoms in total. The van der Waals surface area contributed by atoms with Crippen LogP contribution in [0.4, 0.5) is 0 Å². The molecule has 0 aliphatic carbocycles. The van der Waals surface area contributed by atoms with E-state index >= 15 is 0 Å². The summed E-state index contributed by atoms with van der Waals surface area (Å²) < 4.78 is 33.7. The maximum Gasteiger partial charge on any atom is 0.145 e. The van der Waals surface area contributed by atoms with Crippen molar-refractivity contribution in [2.45, 2.75) is 56.5 Å². The molecule has 0 radical (unpaired) electrons. The molecule has 376 valence electrons. The van der Waals surface area contributed by atoms with Crippen LogP contribution in [0, 0.1) is 0 Å². The van der Waals surface area contributed by atoms with Gasteiger partial charge in [0, 0.05) is 39.3 Å². The average Bonchev–Trinajstić information content (AvgIpc) is 3.99. The van der Waals surface area contributed by atoms with Crippen LogP contribution in [0.15, 0.2) is 243 Å². The summed E-state index contributed by atoms with van der Waals surface area (Å²) in [5.41, 5.74) is 10.6. The van der Waals surface area contributed by atoms with E-state index in [0.29, 0.717) is 13.2 Å². The normalized spacial score (nSPS) is 16.4. The summed E-state index contributed by atoms with van der Waals surface area (Å²) in [7, 11) is 0. The standard InChI is InChI=1S/C71H58N2O4/c1-68(2)52-26-38-64-60(44-52)62-46-54-28-40-66(62)72(64)56-30-34-58(35-31-56)74-42-17-43-75-59-36-32-57(33-37-59)73-65-39-27-53(69(3,4)76-68)45-61(65)63-47-55(29-41-67(63)73)71(50-22-13-7-14-23-50,51-24-15-8-16-25-51)77-70(54,48-18-9-5-10-19-48)49-20-11-6-12-21-49/h5-16,18-41,44-47H,17,42-43H2,1-4H3. The molecule has 0 saturated carbocycles. The lowest BCUT2D eigenvalue weighted by Gasteiger charge is -2.46. The van der Waals surface area contributed by atoms with Crippen LogP contribution in [0.3, 0.4) is 0 Å². The number of hydrogen-bond donors (Lipinski definition) is 0. The SMILES string of the molecule is CC1(C)OC(C)(C)c2ccc3c(c2)c2cc4ccc2n3-c2ccc(cc2)OCCCOc2ccc(cc2)-n2c3ccc1cc3c1cc(ccc12)C(c1ccccc1)(c1ccccc1)OC4(c1ccccc1)c1ccccc1. The summed E-state index contributed by atoms with van der Waals surface area (Å²) in [6.45, 7) is 9.86. The largest absolute Gasteiger partial charge is 0.493 e. The average molecular weight is 1000 g/mol. The van der Waals surface area contributed by atoms with E-state index in [1.165, 1.54) is 0 Å². The molecule has 0 spiro atoms. The fraction of sp³-hybridized carbons (Fsp3) is 0.155. The smallest absolute Gasteiger partial charge is 0.145 e. The highest BCUT2D eigenvalue weighted by atomic mass is 16.5. The maximum atomic E-state index is 8.80. The van der Waals surface area contributed by atoms with Crippen molar-refractivity contribution in [3.63, 3.8) is 0 Å². The quantitative estimate of drug-likeness (QED) is 0.176. The van der Waals surface area contributed by atoms with Crippen molar-refractivity contribution in [1.29, 1.82) is 0 Å². The third kappa shape index (κ3) is 7.53. The van der Waals surface area contributed by atoms with Crippen molar-refractivity contribution in [2.24, 2.45) is 0 Å². The molecular weight excluding hydrogens is 945 g/mol. The second-order valence-corrected chi connectivity index (χ2v) is 21.7. The minimum Gasteiger partial charge on any atom is -0.493 e. The van der Waals surface area contributed by atoms with E-state index < -0.39 is 22.4 Å². The fourth-order valence-corrected chi connectivity index (χ4v) is 12.6. The molecule has 77 heavy (non-hydrogen) atoms. The third-order valence-electron chi connectivity index (χ3n) is 16.3. The summed E-state index contributed by atoms with van der Waals surface area (Å²) in [4.78, 5) is 0. The highest BCUT2D eigenvalue weighted by Crippen LogP contribution is 2.53. The van der Waals surface area contributed by atoms with Gasteiger partial charge in [0.2, 0.25) is 0 Å². The van der Waals surface area contributed by atoms with Crippen molar-refractivity contribution in [3.05, 3.63) is 287 Å². The molecule has 14 aliphatic rings. The highest BCUT2D eigenvalue weighted by molar-refractivity contribution is 6.11. The Bertz CT molecular complexity index is 3810. The van der Waals surface area contributed by atoms with Crippen LogP contribution in [0.2, 0.25) is 0 Å². The molecule has 0 fully saturated rings. The monoisotopic (exact) mass is 1000 g/mol. The first-order valence-electron chi connectivity index (χ1n) is 26.9. The van der Waals surface area contributed by atoms with Gasteiger partial charge >= 0.3 is 0 Å². The van der Waals surface area contributed by atoms with E-state index in [2.05, 4.69) is 279 Å². The molecule has 0 N–H and O–H groups in total. The first kappa shape index (κ1) is 46.8. The summed E-state index contributed by atoms with van der Waals surface area (Å²) in [6, 6.07) is 87.9. The Kier molecular flexibility index (Phi) is 10.9. The van der Waals surface area contributed by atoms with E-state index in [1.54, 1.807) is 0 Å². The minimum atomic E-state index is -1.23. The summed E-state index contributed by atoms with van der Waals surface area (Å²) >= 11 is 0. The Morgan fingerprint density at radius 3 is 0.922 bits per heavy atom. The van der Waals surface area contributed by atoms with Gasteiger partial charge < -0.3 is 28.1 Å². The molecule has 16 heterocycles. The molecule has 14 aliphatic heterocycles. The van der Waals surface area contributed by atoms with Crippen molar-refractivity contribution in [3.8, 4) is 22.9 Å². The van der Waals surface area contributed by atoms with Gasteiger partial charge in [-0.2, -0.15) is 0 Å². The Morgan fingerprint density at radius 2 is 0.597 bits per heavy atom.